The SMILES string of the molecule is Cc1cnc(Nc2ccnn2C)nc1-c1cc2n(c1)C=CN1C(Cc3cccc(F)c3)=NNC21. The van der Waals surface area contributed by atoms with Crippen LogP contribution in [-0.4, -0.2) is 35.1 Å². The minimum absolute atomic E-state index is 0.142. The van der Waals surface area contributed by atoms with Crippen molar-refractivity contribution in [3.8, 4) is 11.3 Å². The van der Waals surface area contributed by atoms with Gasteiger partial charge in [0.1, 0.15) is 17.5 Å². The minimum Gasteiger partial charge on any atom is -0.322 e. The predicted molar refractivity (Wildman–Crippen MR) is 127 cm³/mol. The second-order valence-electron chi connectivity index (χ2n) is 8.32. The summed E-state index contributed by atoms with van der Waals surface area (Å²) >= 11 is 0. The van der Waals surface area contributed by atoms with E-state index < -0.39 is 0 Å². The molecular weight excluding hydrogens is 433 g/mol. The monoisotopic (exact) mass is 455 g/mol. The Morgan fingerprint density at radius 2 is 2.09 bits per heavy atom. The summed E-state index contributed by atoms with van der Waals surface area (Å²) < 4.78 is 17.4. The predicted octanol–water partition coefficient (Wildman–Crippen LogP) is 3.77. The van der Waals surface area contributed by atoms with Gasteiger partial charge in [-0.1, -0.05) is 12.1 Å². The molecule has 0 saturated heterocycles. The van der Waals surface area contributed by atoms with E-state index in [2.05, 4.69) is 47.7 Å². The highest BCUT2D eigenvalue weighted by Gasteiger charge is 2.32. The van der Waals surface area contributed by atoms with Gasteiger partial charge in [0.25, 0.3) is 0 Å². The van der Waals surface area contributed by atoms with E-state index in [1.54, 1.807) is 23.0 Å². The summed E-state index contributed by atoms with van der Waals surface area (Å²) in [6, 6.07) is 10.6. The molecule has 2 N–H and O–H groups in total. The van der Waals surface area contributed by atoms with E-state index in [1.807, 2.05) is 44.7 Å². The van der Waals surface area contributed by atoms with Gasteiger partial charge >= 0.3 is 0 Å². The van der Waals surface area contributed by atoms with Crippen molar-refractivity contribution in [3.63, 3.8) is 0 Å². The van der Waals surface area contributed by atoms with E-state index in [0.29, 0.717) is 12.4 Å². The summed E-state index contributed by atoms with van der Waals surface area (Å²) in [6.07, 6.45) is 9.96. The van der Waals surface area contributed by atoms with Crippen molar-refractivity contribution in [1.29, 1.82) is 0 Å². The standard InChI is InChI=1S/C24H22FN9/c1-15-13-26-24(28-20-6-7-27-32(20)2)29-22(15)17-12-19-23-31-30-21(34(23)9-8-33(19)14-17)11-16-4-3-5-18(25)10-16/h3-10,12-14,23,31H,11H2,1-2H3,(H,26,28,29). The van der Waals surface area contributed by atoms with E-state index in [-0.39, 0.29) is 12.0 Å². The Labute approximate surface area is 195 Å². The van der Waals surface area contributed by atoms with Gasteiger partial charge in [0.05, 0.1) is 17.6 Å². The minimum atomic E-state index is -0.245. The third-order valence-corrected chi connectivity index (χ3v) is 6.00. The van der Waals surface area contributed by atoms with Gasteiger partial charge in [-0.3, -0.25) is 10.1 Å². The first-order valence-corrected chi connectivity index (χ1v) is 10.9. The lowest BCUT2D eigenvalue weighted by Gasteiger charge is -2.27. The van der Waals surface area contributed by atoms with Crippen LogP contribution in [0.2, 0.25) is 0 Å². The quantitative estimate of drug-likeness (QED) is 0.476. The van der Waals surface area contributed by atoms with Crippen molar-refractivity contribution in [2.75, 3.05) is 5.32 Å². The number of aromatic nitrogens is 5. The molecule has 170 valence electrons. The fraction of sp³-hybridized carbons (Fsp3) is 0.167. The summed E-state index contributed by atoms with van der Waals surface area (Å²) in [4.78, 5) is 11.3. The lowest BCUT2D eigenvalue weighted by Crippen LogP contribution is -2.33. The number of halogens is 1. The molecule has 2 aliphatic heterocycles. The molecule has 0 saturated carbocycles. The fourth-order valence-corrected chi connectivity index (χ4v) is 4.27. The maximum atomic E-state index is 13.6. The molecule has 9 nitrogen and oxygen atoms in total. The zero-order chi connectivity index (χ0) is 23.2. The van der Waals surface area contributed by atoms with Crippen molar-refractivity contribution >= 4 is 23.8 Å². The number of anilines is 2. The topological polar surface area (TPSA) is 88.2 Å². The highest BCUT2D eigenvalue weighted by molar-refractivity contribution is 5.87. The molecule has 34 heavy (non-hydrogen) atoms. The van der Waals surface area contributed by atoms with E-state index in [0.717, 1.165) is 39.7 Å². The van der Waals surface area contributed by atoms with Crippen LogP contribution in [-0.2, 0) is 13.5 Å². The normalized spacial score (nSPS) is 16.1. The second-order valence-corrected chi connectivity index (χ2v) is 8.32. The van der Waals surface area contributed by atoms with Gasteiger partial charge in [-0.15, -0.1) is 0 Å². The smallest absolute Gasteiger partial charge is 0.228 e. The van der Waals surface area contributed by atoms with E-state index in [1.165, 1.54) is 6.07 Å². The van der Waals surface area contributed by atoms with Crippen LogP contribution < -0.4 is 10.7 Å². The van der Waals surface area contributed by atoms with Crippen LogP contribution in [0, 0.1) is 12.7 Å². The van der Waals surface area contributed by atoms with Gasteiger partial charge in [0.2, 0.25) is 5.95 Å². The average Bonchev–Trinajstić information content (AvgIpc) is 3.54. The first-order chi connectivity index (χ1) is 16.5. The molecule has 4 aromatic rings. The van der Waals surface area contributed by atoms with E-state index >= 15 is 0 Å². The van der Waals surface area contributed by atoms with Crippen molar-refractivity contribution in [2.24, 2.45) is 12.1 Å². The molecule has 1 unspecified atom stereocenters. The average molecular weight is 456 g/mol. The molecule has 3 aromatic heterocycles. The summed E-state index contributed by atoms with van der Waals surface area (Å²) in [7, 11) is 1.86. The number of hydrazone groups is 1. The molecular formula is C24H22FN9. The second kappa shape index (κ2) is 7.84. The van der Waals surface area contributed by atoms with Crippen LogP contribution in [0.1, 0.15) is 23.0 Å². The van der Waals surface area contributed by atoms with Gasteiger partial charge < -0.3 is 14.8 Å². The van der Waals surface area contributed by atoms with Crippen LogP contribution >= 0.6 is 0 Å². The lowest BCUT2D eigenvalue weighted by atomic mass is 10.1. The number of benzene rings is 1. The van der Waals surface area contributed by atoms with Crippen LogP contribution in [0.5, 0.6) is 0 Å². The van der Waals surface area contributed by atoms with E-state index in [4.69, 9.17) is 4.98 Å². The Morgan fingerprint density at radius 1 is 1.18 bits per heavy atom. The summed E-state index contributed by atoms with van der Waals surface area (Å²) in [5.74, 6) is 1.90. The summed E-state index contributed by atoms with van der Waals surface area (Å²) in [6.45, 7) is 2.00. The Morgan fingerprint density at radius 3 is 2.91 bits per heavy atom. The molecule has 0 bridgehead atoms. The number of nitrogens with zero attached hydrogens (tertiary/aromatic N) is 7. The summed E-state index contributed by atoms with van der Waals surface area (Å²) in [5.41, 5.74) is 7.94. The number of hydrogen-bond donors (Lipinski definition) is 2. The van der Waals surface area contributed by atoms with Gasteiger partial charge in [0.15, 0.2) is 6.17 Å². The molecule has 1 atom stereocenters. The molecule has 10 heteroatoms. The molecule has 0 fully saturated rings. The highest BCUT2D eigenvalue weighted by atomic mass is 19.1. The maximum Gasteiger partial charge on any atom is 0.228 e. The molecule has 0 aliphatic carbocycles. The molecule has 5 heterocycles. The fourth-order valence-electron chi connectivity index (χ4n) is 4.27. The van der Waals surface area contributed by atoms with Crippen LogP contribution in [0.4, 0.5) is 16.2 Å². The van der Waals surface area contributed by atoms with Crippen molar-refractivity contribution in [3.05, 3.63) is 83.8 Å². The number of rotatable bonds is 5. The maximum absolute atomic E-state index is 13.6. The number of hydrogen-bond acceptors (Lipinski definition) is 7. The first-order valence-electron chi connectivity index (χ1n) is 10.9. The first kappa shape index (κ1) is 20.2. The molecule has 2 aliphatic rings. The van der Waals surface area contributed by atoms with Gasteiger partial charge in [-0.2, -0.15) is 10.2 Å². The number of nitrogens with one attached hydrogen (secondary N) is 2. The number of aryl methyl sites for hydroxylation is 2. The Hall–Kier alpha value is -4.47. The third kappa shape index (κ3) is 3.49. The van der Waals surface area contributed by atoms with Gasteiger partial charge in [-0.05, 0) is 36.2 Å². The van der Waals surface area contributed by atoms with Crippen LogP contribution in [0.25, 0.3) is 17.5 Å². The Balaban J connectivity index is 1.26. The Kier molecular flexibility index (Phi) is 4.65. The van der Waals surface area contributed by atoms with Gasteiger partial charge in [0, 0.05) is 49.9 Å². The van der Waals surface area contributed by atoms with Crippen molar-refractivity contribution in [1.82, 2.24) is 34.6 Å². The highest BCUT2D eigenvalue weighted by Crippen LogP contribution is 2.34. The van der Waals surface area contributed by atoms with Gasteiger partial charge in [-0.25, -0.2) is 14.4 Å². The zero-order valence-electron chi connectivity index (χ0n) is 18.6. The molecule has 0 spiro atoms. The zero-order valence-corrected chi connectivity index (χ0v) is 18.6. The van der Waals surface area contributed by atoms with Crippen molar-refractivity contribution < 1.29 is 4.39 Å². The van der Waals surface area contributed by atoms with Crippen molar-refractivity contribution in [2.45, 2.75) is 19.5 Å². The number of amidine groups is 1. The van der Waals surface area contributed by atoms with Crippen LogP contribution in [0.3, 0.4) is 0 Å². The number of fused-ring (bicyclic) bond motifs is 3. The lowest BCUT2D eigenvalue weighted by molar-refractivity contribution is 0.368. The Bertz CT molecular complexity index is 1450. The molecule has 0 radical (unpaired) electrons. The van der Waals surface area contributed by atoms with E-state index in [9.17, 15) is 4.39 Å². The summed E-state index contributed by atoms with van der Waals surface area (Å²) in [5, 5.41) is 11.9. The molecule has 6 rings (SSSR count). The third-order valence-electron chi connectivity index (χ3n) is 6.00. The van der Waals surface area contributed by atoms with Crippen LogP contribution in [0.15, 0.2) is 66.3 Å². The largest absolute Gasteiger partial charge is 0.322 e. The molecule has 0 amide bonds. The molecule has 1 aromatic carbocycles.